The lowest BCUT2D eigenvalue weighted by molar-refractivity contribution is -0.153. The van der Waals surface area contributed by atoms with Gasteiger partial charge in [0.05, 0.1) is 13.2 Å². The summed E-state index contributed by atoms with van der Waals surface area (Å²) in [7, 11) is 0. The summed E-state index contributed by atoms with van der Waals surface area (Å²) >= 11 is 0. The smallest absolute Gasteiger partial charge is 0.236 e. The number of carbonyl (C=O) groups is 1. The number of aryl methyl sites for hydroxylation is 1. The van der Waals surface area contributed by atoms with Gasteiger partial charge in [-0.25, -0.2) is 4.39 Å². The van der Waals surface area contributed by atoms with Crippen molar-refractivity contribution in [1.29, 1.82) is 0 Å². The molecule has 0 atom stereocenters. The molecule has 2 rings (SSSR count). The van der Waals surface area contributed by atoms with Crippen molar-refractivity contribution in [1.82, 2.24) is 0 Å². The zero-order chi connectivity index (χ0) is 12.5. The number of benzene rings is 1. The maximum absolute atomic E-state index is 13.1. The monoisotopic (exact) mass is 238 g/mol. The van der Waals surface area contributed by atoms with E-state index in [1.165, 1.54) is 12.1 Å². The molecular weight excluding hydrogens is 223 g/mol. The molecule has 1 amide bonds. The SMILES string of the molecule is Cc1cc(NC(=O)C2(CN)COC2)ccc1F. The number of halogens is 1. The molecule has 3 N–H and O–H groups in total. The Morgan fingerprint density at radius 2 is 2.29 bits per heavy atom. The van der Waals surface area contributed by atoms with Gasteiger partial charge in [0.1, 0.15) is 11.2 Å². The molecule has 0 aliphatic carbocycles. The zero-order valence-electron chi connectivity index (χ0n) is 9.63. The lowest BCUT2D eigenvalue weighted by Gasteiger charge is -2.38. The van der Waals surface area contributed by atoms with Gasteiger partial charge in [0, 0.05) is 12.2 Å². The van der Waals surface area contributed by atoms with E-state index >= 15 is 0 Å². The van der Waals surface area contributed by atoms with Crippen molar-refractivity contribution in [3.63, 3.8) is 0 Å². The van der Waals surface area contributed by atoms with Crippen LogP contribution in [0.25, 0.3) is 0 Å². The fourth-order valence-corrected chi connectivity index (χ4v) is 1.68. The van der Waals surface area contributed by atoms with E-state index in [0.717, 1.165) is 0 Å². The minimum Gasteiger partial charge on any atom is -0.379 e. The minimum atomic E-state index is -0.623. The Hall–Kier alpha value is -1.46. The van der Waals surface area contributed by atoms with Crippen LogP contribution < -0.4 is 11.1 Å². The summed E-state index contributed by atoms with van der Waals surface area (Å²) in [5.41, 5.74) is 6.03. The van der Waals surface area contributed by atoms with E-state index in [2.05, 4.69) is 5.32 Å². The third kappa shape index (κ3) is 2.16. The predicted molar refractivity (Wildman–Crippen MR) is 62.1 cm³/mol. The highest BCUT2D eigenvalue weighted by Gasteiger charge is 2.44. The van der Waals surface area contributed by atoms with Crippen LogP contribution in [0.2, 0.25) is 0 Å². The van der Waals surface area contributed by atoms with Gasteiger partial charge in [0.15, 0.2) is 0 Å². The van der Waals surface area contributed by atoms with Crippen molar-refractivity contribution in [2.45, 2.75) is 6.92 Å². The molecule has 5 heteroatoms. The highest BCUT2D eigenvalue weighted by atomic mass is 19.1. The number of nitrogens with two attached hydrogens (primary N) is 1. The number of rotatable bonds is 3. The van der Waals surface area contributed by atoms with Crippen LogP contribution in [0.5, 0.6) is 0 Å². The van der Waals surface area contributed by atoms with Gasteiger partial charge in [-0.2, -0.15) is 0 Å². The van der Waals surface area contributed by atoms with E-state index in [9.17, 15) is 9.18 Å². The largest absolute Gasteiger partial charge is 0.379 e. The average Bonchev–Trinajstić information content (AvgIpc) is 2.23. The van der Waals surface area contributed by atoms with Crippen LogP contribution in [0.15, 0.2) is 18.2 Å². The Balaban J connectivity index is 2.10. The van der Waals surface area contributed by atoms with Gasteiger partial charge in [-0.1, -0.05) is 0 Å². The first-order valence-corrected chi connectivity index (χ1v) is 5.43. The molecule has 17 heavy (non-hydrogen) atoms. The van der Waals surface area contributed by atoms with Gasteiger partial charge in [-0.3, -0.25) is 4.79 Å². The summed E-state index contributed by atoms with van der Waals surface area (Å²) in [6.07, 6.45) is 0. The van der Waals surface area contributed by atoms with Crippen LogP contribution in [0, 0.1) is 18.2 Å². The summed E-state index contributed by atoms with van der Waals surface area (Å²) in [6, 6.07) is 4.46. The minimum absolute atomic E-state index is 0.169. The third-order valence-corrected chi connectivity index (χ3v) is 3.04. The van der Waals surface area contributed by atoms with Crippen LogP contribution in [-0.2, 0) is 9.53 Å². The Morgan fingerprint density at radius 3 is 2.76 bits per heavy atom. The van der Waals surface area contributed by atoms with Crippen LogP contribution in [-0.4, -0.2) is 25.7 Å². The second-order valence-corrected chi connectivity index (χ2v) is 4.40. The van der Waals surface area contributed by atoms with Crippen molar-refractivity contribution in [2.75, 3.05) is 25.1 Å². The predicted octanol–water partition coefficient (Wildman–Crippen LogP) is 1.05. The van der Waals surface area contributed by atoms with Crippen molar-refractivity contribution < 1.29 is 13.9 Å². The molecule has 1 aromatic rings. The molecule has 1 saturated heterocycles. The molecule has 1 heterocycles. The van der Waals surface area contributed by atoms with Crippen LogP contribution in [0.3, 0.4) is 0 Å². The fraction of sp³-hybridized carbons (Fsp3) is 0.417. The molecule has 92 valence electrons. The standard InChI is InChI=1S/C12H15FN2O2/c1-8-4-9(2-3-10(8)13)15-11(16)12(5-14)6-17-7-12/h2-4H,5-7,14H2,1H3,(H,15,16). The van der Waals surface area contributed by atoms with Crippen LogP contribution >= 0.6 is 0 Å². The Labute approximate surface area is 98.9 Å². The quantitative estimate of drug-likeness (QED) is 0.827. The first-order valence-electron chi connectivity index (χ1n) is 5.43. The van der Waals surface area contributed by atoms with Crippen molar-refractivity contribution in [3.05, 3.63) is 29.6 Å². The van der Waals surface area contributed by atoms with Crippen molar-refractivity contribution >= 4 is 11.6 Å². The maximum Gasteiger partial charge on any atom is 0.236 e. The molecule has 0 saturated carbocycles. The molecule has 1 aromatic carbocycles. The summed E-state index contributed by atoms with van der Waals surface area (Å²) in [5, 5.41) is 2.74. The molecule has 4 nitrogen and oxygen atoms in total. The van der Waals surface area contributed by atoms with E-state index in [4.69, 9.17) is 10.5 Å². The fourth-order valence-electron chi connectivity index (χ4n) is 1.68. The lowest BCUT2D eigenvalue weighted by Crippen LogP contribution is -2.56. The molecule has 1 aliphatic rings. The number of amides is 1. The van der Waals surface area contributed by atoms with Crippen LogP contribution in [0.4, 0.5) is 10.1 Å². The summed E-state index contributed by atoms with van der Waals surface area (Å²) < 4.78 is 18.1. The summed E-state index contributed by atoms with van der Waals surface area (Å²) in [4.78, 5) is 12.0. The molecule has 0 spiro atoms. The van der Waals surface area contributed by atoms with Gasteiger partial charge in [-0.05, 0) is 30.7 Å². The van der Waals surface area contributed by atoms with Crippen LogP contribution in [0.1, 0.15) is 5.56 Å². The number of ether oxygens (including phenoxy) is 1. The molecule has 1 fully saturated rings. The number of anilines is 1. The topological polar surface area (TPSA) is 64.4 Å². The van der Waals surface area contributed by atoms with Gasteiger partial charge < -0.3 is 15.8 Å². The second kappa shape index (κ2) is 4.43. The van der Waals surface area contributed by atoms with Crippen molar-refractivity contribution in [3.8, 4) is 0 Å². The second-order valence-electron chi connectivity index (χ2n) is 4.40. The normalized spacial score (nSPS) is 17.4. The third-order valence-electron chi connectivity index (χ3n) is 3.04. The van der Waals surface area contributed by atoms with E-state index in [0.29, 0.717) is 24.5 Å². The highest BCUT2D eigenvalue weighted by Crippen LogP contribution is 2.28. The van der Waals surface area contributed by atoms with Gasteiger partial charge in [-0.15, -0.1) is 0 Å². The average molecular weight is 238 g/mol. The van der Waals surface area contributed by atoms with E-state index in [1.807, 2.05) is 0 Å². The number of hydrogen-bond acceptors (Lipinski definition) is 3. The lowest BCUT2D eigenvalue weighted by atomic mass is 9.85. The highest BCUT2D eigenvalue weighted by molar-refractivity contribution is 5.96. The summed E-state index contributed by atoms with van der Waals surface area (Å²) in [6.45, 7) is 2.58. The van der Waals surface area contributed by atoms with E-state index in [1.54, 1.807) is 13.0 Å². The number of carbonyl (C=O) groups excluding carboxylic acids is 1. The molecule has 0 radical (unpaired) electrons. The van der Waals surface area contributed by atoms with Gasteiger partial charge in [0.2, 0.25) is 5.91 Å². The summed E-state index contributed by atoms with van der Waals surface area (Å²) in [5.74, 6) is -0.458. The zero-order valence-corrected chi connectivity index (χ0v) is 9.63. The number of nitrogens with one attached hydrogen (secondary N) is 1. The Kier molecular flexibility index (Phi) is 3.13. The maximum atomic E-state index is 13.1. The molecular formula is C12H15FN2O2. The van der Waals surface area contributed by atoms with Gasteiger partial charge >= 0.3 is 0 Å². The van der Waals surface area contributed by atoms with E-state index in [-0.39, 0.29) is 18.3 Å². The molecule has 0 bridgehead atoms. The Morgan fingerprint density at radius 1 is 1.59 bits per heavy atom. The van der Waals surface area contributed by atoms with Gasteiger partial charge in [0.25, 0.3) is 0 Å². The molecule has 1 aliphatic heterocycles. The van der Waals surface area contributed by atoms with Crippen molar-refractivity contribution in [2.24, 2.45) is 11.1 Å². The molecule has 0 aromatic heterocycles. The first kappa shape index (κ1) is 12.0. The number of hydrogen-bond donors (Lipinski definition) is 2. The molecule has 0 unspecified atom stereocenters. The first-order chi connectivity index (χ1) is 8.07. The Bertz CT molecular complexity index is 439. The van der Waals surface area contributed by atoms with E-state index < -0.39 is 5.41 Å².